The van der Waals surface area contributed by atoms with Gasteiger partial charge in [-0.3, -0.25) is 15.0 Å². The van der Waals surface area contributed by atoms with Gasteiger partial charge >= 0.3 is 0 Å². The van der Waals surface area contributed by atoms with Crippen molar-refractivity contribution < 1.29 is 4.79 Å². The minimum absolute atomic E-state index is 0.165. The number of hydrogen-bond donors (Lipinski definition) is 2. The SMILES string of the molecule is Cc1cc(C)n(C2CCCCC2)c(=O)c1C(=O)NN. The Morgan fingerprint density at radius 2 is 1.95 bits per heavy atom. The van der Waals surface area contributed by atoms with Gasteiger partial charge < -0.3 is 4.57 Å². The van der Waals surface area contributed by atoms with E-state index < -0.39 is 5.91 Å². The van der Waals surface area contributed by atoms with E-state index >= 15 is 0 Å². The molecule has 1 aliphatic carbocycles. The summed E-state index contributed by atoms with van der Waals surface area (Å²) in [5.74, 6) is 4.65. The van der Waals surface area contributed by atoms with Crippen molar-refractivity contribution in [3.63, 3.8) is 0 Å². The highest BCUT2D eigenvalue weighted by molar-refractivity contribution is 5.94. The van der Waals surface area contributed by atoms with Crippen LogP contribution in [0, 0.1) is 13.8 Å². The monoisotopic (exact) mass is 263 g/mol. The molecule has 0 saturated heterocycles. The van der Waals surface area contributed by atoms with Crippen LogP contribution in [0.1, 0.15) is 59.8 Å². The van der Waals surface area contributed by atoms with E-state index in [0.29, 0.717) is 5.56 Å². The lowest BCUT2D eigenvalue weighted by atomic mass is 9.94. The molecule has 0 bridgehead atoms. The molecule has 0 spiro atoms. The summed E-state index contributed by atoms with van der Waals surface area (Å²) in [4.78, 5) is 24.3. The Bertz CT molecular complexity index is 542. The van der Waals surface area contributed by atoms with Crippen LogP contribution >= 0.6 is 0 Å². The molecule has 1 saturated carbocycles. The van der Waals surface area contributed by atoms with Gasteiger partial charge in [0.2, 0.25) is 0 Å². The van der Waals surface area contributed by atoms with Crippen molar-refractivity contribution in [2.75, 3.05) is 0 Å². The molecule has 0 atom stereocenters. The number of nitrogens with zero attached hydrogens (tertiary/aromatic N) is 1. The van der Waals surface area contributed by atoms with Crippen molar-refractivity contribution >= 4 is 5.91 Å². The number of nitrogens with two attached hydrogens (primary N) is 1. The van der Waals surface area contributed by atoms with Crippen molar-refractivity contribution in [2.24, 2.45) is 5.84 Å². The topological polar surface area (TPSA) is 77.1 Å². The van der Waals surface area contributed by atoms with Crippen LogP contribution in [0.2, 0.25) is 0 Å². The summed E-state index contributed by atoms with van der Waals surface area (Å²) in [5, 5.41) is 0. The predicted molar refractivity (Wildman–Crippen MR) is 74.0 cm³/mol. The minimum atomic E-state index is -0.507. The summed E-state index contributed by atoms with van der Waals surface area (Å²) in [6, 6.07) is 2.10. The number of nitrogen functional groups attached to an aromatic ring is 1. The van der Waals surface area contributed by atoms with Crippen LogP contribution in [0.25, 0.3) is 0 Å². The molecule has 1 aromatic rings. The van der Waals surface area contributed by atoms with Crippen molar-refractivity contribution in [2.45, 2.75) is 52.0 Å². The third-order valence-electron chi connectivity index (χ3n) is 3.93. The highest BCUT2D eigenvalue weighted by atomic mass is 16.2. The average Bonchev–Trinajstić information content (AvgIpc) is 2.39. The second-order valence-corrected chi connectivity index (χ2v) is 5.28. The van der Waals surface area contributed by atoms with E-state index in [-0.39, 0.29) is 17.2 Å². The maximum absolute atomic E-state index is 12.6. The second kappa shape index (κ2) is 5.57. The third kappa shape index (κ3) is 2.56. The molecular weight excluding hydrogens is 242 g/mol. The summed E-state index contributed by atoms with van der Waals surface area (Å²) >= 11 is 0. The van der Waals surface area contributed by atoms with Crippen molar-refractivity contribution in [3.05, 3.63) is 33.2 Å². The van der Waals surface area contributed by atoms with Crippen LogP contribution < -0.4 is 16.8 Å². The van der Waals surface area contributed by atoms with E-state index in [0.717, 1.165) is 31.4 Å². The Balaban J connectivity index is 2.54. The summed E-state index contributed by atoms with van der Waals surface area (Å²) in [6.45, 7) is 3.69. The first-order chi connectivity index (χ1) is 9.06. The van der Waals surface area contributed by atoms with Gasteiger partial charge in [0.05, 0.1) is 0 Å². The molecule has 0 unspecified atom stereocenters. The van der Waals surface area contributed by atoms with E-state index in [2.05, 4.69) is 5.43 Å². The number of amides is 1. The molecule has 1 fully saturated rings. The van der Waals surface area contributed by atoms with Gasteiger partial charge in [-0.2, -0.15) is 0 Å². The molecule has 1 heterocycles. The Labute approximate surface area is 112 Å². The maximum Gasteiger partial charge on any atom is 0.271 e. The van der Waals surface area contributed by atoms with Gasteiger partial charge in [0.25, 0.3) is 11.5 Å². The Kier molecular flexibility index (Phi) is 4.04. The zero-order valence-electron chi connectivity index (χ0n) is 11.5. The molecule has 2 rings (SSSR count). The van der Waals surface area contributed by atoms with Crippen LogP contribution in [0.15, 0.2) is 10.9 Å². The number of carbonyl (C=O) groups is 1. The highest BCUT2D eigenvalue weighted by Gasteiger charge is 2.22. The first-order valence-electron chi connectivity index (χ1n) is 6.80. The van der Waals surface area contributed by atoms with Crippen molar-refractivity contribution in [1.82, 2.24) is 9.99 Å². The number of carbonyl (C=O) groups excluding carboxylic acids is 1. The molecule has 19 heavy (non-hydrogen) atoms. The van der Waals surface area contributed by atoms with Gasteiger partial charge in [-0.1, -0.05) is 19.3 Å². The first-order valence-corrected chi connectivity index (χ1v) is 6.80. The molecule has 0 aliphatic heterocycles. The Hall–Kier alpha value is -1.62. The molecular formula is C14H21N3O2. The van der Waals surface area contributed by atoms with Crippen LogP contribution in [0.3, 0.4) is 0 Å². The summed E-state index contributed by atoms with van der Waals surface area (Å²) in [5.41, 5.74) is 3.61. The van der Waals surface area contributed by atoms with Gasteiger partial charge in [-0.05, 0) is 38.3 Å². The maximum atomic E-state index is 12.6. The molecule has 1 aliphatic rings. The fourth-order valence-electron chi connectivity index (χ4n) is 3.05. The number of hydrogen-bond acceptors (Lipinski definition) is 3. The van der Waals surface area contributed by atoms with Crippen LogP contribution in [-0.2, 0) is 0 Å². The quantitative estimate of drug-likeness (QED) is 0.483. The number of pyridine rings is 1. The largest absolute Gasteiger partial charge is 0.309 e. The molecule has 0 aromatic carbocycles. The lowest BCUT2D eigenvalue weighted by molar-refractivity contribution is 0.0950. The smallest absolute Gasteiger partial charge is 0.271 e. The molecule has 5 heteroatoms. The Morgan fingerprint density at radius 3 is 2.53 bits per heavy atom. The number of aryl methyl sites for hydroxylation is 2. The average molecular weight is 263 g/mol. The van der Waals surface area contributed by atoms with Gasteiger partial charge in [0.1, 0.15) is 5.56 Å². The van der Waals surface area contributed by atoms with Crippen molar-refractivity contribution in [1.29, 1.82) is 0 Å². The fourth-order valence-corrected chi connectivity index (χ4v) is 3.05. The molecule has 5 nitrogen and oxygen atoms in total. The summed E-state index contributed by atoms with van der Waals surface area (Å²) in [6.07, 6.45) is 5.53. The van der Waals surface area contributed by atoms with E-state index in [1.54, 1.807) is 11.5 Å². The number of hydrazine groups is 1. The highest BCUT2D eigenvalue weighted by Crippen LogP contribution is 2.28. The van der Waals surface area contributed by atoms with Crippen LogP contribution in [0.4, 0.5) is 0 Å². The molecule has 0 radical (unpaired) electrons. The molecule has 1 aromatic heterocycles. The Morgan fingerprint density at radius 1 is 1.32 bits per heavy atom. The predicted octanol–water partition coefficient (Wildman–Crippen LogP) is 1.57. The lowest BCUT2D eigenvalue weighted by Crippen LogP contribution is -2.39. The van der Waals surface area contributed by atoms with Gasteiger partial charge in [0.15, 0.2) is 0 Å². The minimum Gasteiger partial charge on any atom is -0.309 e. The zero-order chi connectivity index (χ0) is 14.0. The summed E-state index contributed by atoms with van der Waals surface area (Å²) in [7, 11) is 0. The fraction of sp³-hybridized carbons (Fsp3) is 0.571. The molecule has 3 N–H and O–H groups in total. The molecule has 1 amide bonds. The van der Waals surface area contributed by atoms with E-state index in [4.69, 9.17) is 5.84 Å². The van der Waals surface area contributed by atoms with Gasteiger partial charge in [-0.25, -0.2) is 5.84 Å². The summed E-state index contributed by atoms with van der Waals surface area (Å²) < 4.78 is 1.77. The molecule has 104 valence electrons. The normalized spacial score (nSPS) is 16.4. The third-order valence-corrected chi connectivity index (χ3v) is 3.93. The van der Waals surface area contributed by atoms with E-state index in [9.17, 15) is 9.59 Å². The zero-order valence-corrected chi connectivity index (χ0v) is 11.5. The van der Waals surface area contributed by atoms with Crippen molar-refractivity contribution in [3.8, 4) is 0 Å². The van der Waals surface area contributed by atoms with E-state index in [1.807, 2.05) is 13.0 Å². The van der Waals surface area contributed by atoms with E-state index in [1.165, 1.54) is 6.42 Å². The van der Waals surface area contributed by atoms with Crippen LogP contribution in [0.5, 0.6) is 0 Å². The first kappa shape index (κ1) is 13.8. The number of nitrogens with one attached hydrogen (secondary N) is 1. The van der Waals surface area contributed by atoms with Gasteiger partial charge in [0, 0.05) is 11.7 Å². The number of aromatic nitrogens is 1. The van der Waals surface area contributed by atoms with Gasteiger partial charge in [-0.15, -0.1) is 0 Å². The number of rotatable bonds is 2. The second-order valence-electron chi connectivity index (χ2n) is 5.28. The standard InChI is InChI=1S/C14H21N3O2/c1-9-8-10(2)17(11-6-4-3-5-7-11)14(19)12(9)13(18)16-15/h8,11H,3-7,15H2,1-2H3,(H,16,18). The van der Waals surface area contributed by atoms with Crippen LogP contribution in [-0.4, -0.2) is 10.5 Å². The lowest BCUT2D eigenvalue weighted by Gasteiger charge is -2.26.